The number of ether oxygens (including phenoxy) is 2. The standard InChI is InChI=1S/C12H14ClNO7/c1-5-9(15)10(16)11(17)12(20-5)21-8-3-2-6(14(18)19)4-7(8)13/h2-5,9-12,15-17H,1H3/t5-,9-,10+,11+,12?/m0/s1. The molecule has 21 heavy (non-hydrogen) atoms. The summed E-state index contributed by atoms with van der Waals surface area (Å²) in [5.74, 6) is 0.0575. The van der Waals surface area contributed by atoms with E-state index in [0.29, 0.717) is 0 Å². The van der Waals surface area contributed by atoms with Gasteiger partial charge in [0.2, 0.25) is 6.29 Å². The van der Waals surface area contributed by atoms with E-state index in [1.807, 2.05) is 0 Å². The first-order chi connectivity index (χ1) is 9.81. The molecule has 0 saturated carbocycles. The minimum atomic E-state index is -1.48. The van der Waals surface area contributed by atoms with E-state index in [0.717, 1.165) is 6.07 Å². The lowest BCUT2D eigenvalue weighted by Gasteiger charge is -2.38. The Kier molecular flexibility index (Phi) is 4.64. The molecule has 116 valence electrons. The van der Waals surface area contributed by atoms with Crippen LogP contribution in [-0.4, -0.2) is 50.9 Å². The first kappa shape index (κ1) is 15.9. The maximum Gasteiger partial charge on any atom is 0.271 e. The van der Waals surface area contributed by atoms with Gasteiger partial charge >= 0.3 is 0 Å². The largest absolute Gasteiger partial charge is 0.460 e. The van der Waals surface area contributed by atoms with Crippen LogP contribution in [0.5, 0.6) is 5.75 Å². The third-order valence-corrected chi connectivity index (χ3v) is 3.47. The van der Waals surface area contributed by atoms with Gasteiger partial charge in [-0.1, -0.05) is 11.6 Å². The molecule has 0 spiro atoms. The molecule has 0 aliphatic carbocycles. The average Bonchev–Trinajstić information content (AvgIpc) is 2.44. The number of rotatable bonds is 3. The minimum absolute atomic E-state index is 0.0340. The van der Waals surface area contributed by atoms with E-state index in [2.05, 4.69) is 0 Å². The van der Waals surface area contributed by atoms with Gasteiger partial charge in [0.25, 0.3) is 5.69 Å². The molecule has 0 amide bonds. The topological polar surface area (TPSA) is 122 Å². The van der Waals surface area contributed by atoms with E-state index >= 15 is 0 Å². The van der Waals surface area contributed by atoms with Gasteiger partial charge in [-0.25, -0.2) is 0 Å². The second-order valence-corrected chi connectivity index (χ2v) is 5.08. The molecule has 8 nitrogen and oxygen atoms in total. The molecule has 0 aromatic heterocycles. The van der Waals surface area contributed by atoms with Gasteiger partial charge in [0.1, 0.15) is 24.1 Å². The molecule has 0 bridgehead atoms. The number of aliphatic hydroxyl groups is 3. The second kappa shape index (κ2) is 6.12. The molecule has 1 saturated heterocycles. The molecule has 1 aliphatic heterocycles. The Morgan fingerprint density at radius 3 is 2.52 bits per heavy atom. The Morgan fingerprint density at radius 2 is 1.95 bits per heavy atom. The molecule has 2 rings (SSSR count). The van der Waals surface area contributed by atoms with Gasteiger partial charge < -0.3 is 24.8 Å². The third kappa shape index (κ3) is 3.25. The highest BCUT2D eigenvalue weighted by molar-refractivity contribution is 6.32. The van der Waals surface area contributed by atoms with Crippen LogP contribution in [0.4, 0.5) is 5.69 Å². The SMILES string of the molecule is C[C@@H]1OC(Oc2ccc([N+](=O)[O-])cc2Cl)[C@H](O)[C@H](O)[C@H]1O. The van der Waals surface area contributed by atoms with Crippen LogP contribution in [0.25, 0.3) is 0 Å². The summed E-state index contributed by atoms with van der Waals surface area (Å²) in [5.41, 5.74) is -0.207. The van der Waals surface area contributed by atoms with Crippen molar-refractivity contribution in [3.05, 3.63) is 33.3 Å². The van der Waals surface area contributed by atoms with E-state index in [9.17, 15) is 25.4 Å². The number of aliphatic hydroxyl groups excluding tert-OH is 3. The minimum Gasteiger partial charge on any atom is -0.460 e. The highest BCUT2D eigenvalue weighted by Crippen LogP contribution is 2.31. The van der Waals surface area contributed by atoms with Gasteiger partial charge in [-0.15, -0.1) is 0 Å². The van der Waals surface area contributed by atoms with Gasteiger partial charge in [-0.3, -0.25) is 10.1 Å². The fraction of sp³-hybridized carbons (Fsp3) is 0.500. The summed E-state index contributed by atoms with van der Waals surface area (Å²) in [6.45, 7) is 1.51. The van der Waals surface area contributed by atoms with E-state index < -0.39 is 35.6 Å². The number of nitro benzene ring substituents is 1. The van der Waals surface area contributed by atoms with Gasteiger partial charge in [-0.05, 0) is 13.0 Å². The Morgan fingerprint density at radius 1 is 1.29 bits per heavy atom. The molecular weight excluding hydrogens is 306 g/mol. The summed E-state index contributed by atoms with van der Waals surface area (Å²) in [4.78, 5) is 10.0. The van der Waals surface area contributed by atoms with Crippen LogP contribution in [0.2, 0.25) is 5.02 Å². The van der Waals surface area contributed by atoms with Gasteiger partial charge in [0.05, 0.1) is 16.0 Å². The lowest BCUT2D eigenvalue weighted by molar-refractivity contribution is -0.384. The predicted molar refractivity (Wildman–Crippen MR) is 71.1 cm³/mol. The highest BCUT2D eigenvalue weighted by atomic mass is 35.5. The van der Waals surface area contributed by atoms with Crippen LogP contribution in [0, 0.1) is 10.1 Å². The Hall–Kier alpha value is -1.45. The van der Waals surface area contributed by atoms with Crippen molar-refractivity contribution in [2.45, 2.75) is 37.6 Å². The number of hydrogen-bond donors (Lipinski definition) is 3. The fourth-order valence-electron chi connectivity index (χ4n) is 1.93. The monoisotopic (exact) mass is 319 g/mol. The van der Waals surface area contributed by atoms with E-state index in [1.54, 1.807) is 0 Å². The Labute approximate surface area is 124 Å². The summed E-state index contributed by atoms with van der Waals surface area (Å²) in [6, 6.07) is 3.55. The van der Waals surface area contributed by atoms with Crippen molar-refractivity contribution >= 4 is 17.3 Å². The van der Waals surface area contributed by atoms with Crippen LogP contribution < -0.4 is 4.74 Å². The lowest BCUT2D eigenvalue weighted by atomic mass is 10.00. The number of nitrogens with zero attached hydrogens (tertiary/aromatic N) is 1. The van der Waals surface area contributed by atoms with Crippen molar-refractivity contribution < 1.29 is 29.7 Å². The highest BCUT2D eigenvalue weighted by Gasteiger charge is 2.43. The summed E-state index contributed by atoms with van der Waals surface area (Å²) in [5, 5.41) is 39.6. The van der Waals surface area contributed by atoms with Gasteiger partial charge in [-0.2, -0.15) is 0 Å². The molecule has 1 aromatic rings. The molecule has 1 fully saturated rings. The molecule has 9 heteroatoms. The number of nitro groups is 1. The average molecular weight is 320 g/mol. The van der Waals surface area contributed by atoms with Gasteiger partial charge in [0.15, 0.2) is 0 Å². The summed E-state index contributed by atoms with van der Waals surface area (Å²) >= 11 is 5.86. The van der Waals surface area contributed by atoms with E-state index in [-0.39, 0.29) is 16.5 Å². The molecule has 1 aliphatic rings. The molecule has 1 aromatic carbocycles. The van der Waals surface area contributed by atoms with E-state index in [4.69, 9.17) is 21.1 Å². The van der Waals surface area contributed by atoms with Crippen molar-refractivity contribution in [1.29, 1.82) is 0 Å². The number of benzene rings is 1. The first-order valence-electron chi connectivity index (χ1n) is 6.11. The van der Waals surface area contributed by atoms with Gasteiger partial charge in [0, 0.05) is 12.1 Å². The number of hydrogen-bond acceptors (Lipinski definition) is 7. The summed E-state index contributed by atoms with van der Waals surface area (Å²) in [6.07, 6.45) is -6.17. The number of halogens is 1. The van der Waals surface area contributed by atoms with Crippen LogP contribution in [0.3, 0.4) is 0 Å². The third-order valence-electron chi connectivity index (χ3n) is 3.18. The first-order valence-corrected chi connectivity index (χ1v) is 6.49. The van der Waals surface area contributed by atoms with Crippen molar-refractivity contribution in [1.82, 2.24) is 0 Å². The molecule has 3 N–H and O–H groups in total. The molecule has 1 heterocycles. The van der Waals surface area contributed by atoms with Crippen molar-refractivity contribution in [2.24, 2.45) is 0 Å². The normalized spacial score (nSPS) is 32.7. The maximum atomic E-state index is 10.6. The smallest absolute Gasteiger partial charge is 0.271 e. The van der Waals surface area contributed by atoms with Crippen LogP contribution in [-0.2, 0) is 4.74 Å². The fourth-order valence-corrected chi connectivity index (χ4v) is 2.15. The number of non-ortho nitro benzene ring substituents is 1. The quantitative estimate of drug-likeness (QED) is 0.546. The van der Waals surface area contributed by atoms with Crippen molar-refractivity contribution in [3.63, 3.8) is 0 Å². The predicted octanol–water partition coefficient (Wildman–Crippen LogP) is 0.454. The second-order valence-electron chi connectivity index (χ2n) is 4.67. The zero-order chi connectivity index (χ0) is 15.7. The Bertz CT molecular complexity index is 540. The zero-order valence-corrected chi connectivity index (χ0v) is 11.7. The lowest BCUT2D eigenvalue weighted by Crippen LogP contribution is -2.58. The molecule has 0 radical (unpaired) electrons. The molecule has 5 atom stereocenters. The van der Waals surface area contributed by atoms with Crippen molar-refractivity contribution in [3.8, 4) is 5.75 Å². The maximum absolute atomic E-state index is 10.6. The van der Waals surface area contributed by atoms with Crippen LogP contribution in [0.15, 0.2) is 18.2 Å². The van der Waals surface area contributed by atoms with Crippen LogP contribution >= 0.6 is 11.6 Å². The van der Waals surface area contributed by atoms with E-state index in [1.165, 1.54) is 19.1 Å². The Balaban J connectivity index is 2.16. The molecular formula is C12H14ClNO7. The van der Waals surface area contributed by atoms with Crippen molar-refractivity contribution in [2.75, 3.05) is 0 Å². The summed E-state index contributed by atoms with van der Waals surface area (Å²) < 4.78 is 10.6. The molecule has 1 unspecified atom stereocenters. The zero-order valence-electron chi connectivity index (χ0n) is 10.9. The van der Waals surface area contributed by atoms with Crippen LogP contribution in [0.1, 0.15) is 6.92 Å². The summed E-state index contributed by atoms with van der Waals surface area (Å²) in [7, 11) is 0.